The number of benzene rings is 2. The first-order valence-corrected chi connectivity index (χ1v) is 11.9. The first-order valence-electron chi connectivity index (χ1n) is 11.9. The van der Waals surface area contributed by atoms with Gasteiger partial charge in [0.2, 0.25) is 0 Å². The molecule has 0 aliphatic carbocycles. The van der Waals surface area contributed by atoms with E-state index in [1.807, 2.05) is 24.3 Å². The van der Waals surface area contributed by atoms with E-state index in [4.69, 9.17) is 0 Å². The second kappa shape index (κ2) is 13.4. The molecule has 0 saturated carbocycles. The Morgan fingerprint density at radius 2 is 1.31 bits per heavy atom. The lowest BCUT2D eigenvalue weighted by Crippen LogP contribution is -2.22. The number of carboxylic acid groups (broad SMARTS) is 1. The second-order valence-electron chi connectivity index (χ2n) is 8.55. The largest absolute Gasteiger partial charge is 0.481 e. The highest BCUT2D eigenvalue weighted by Crippen LogP contribution is 2.37. The van der Waals surface area contributed by atoms with E-state index in [1.165, 1.54) is 51.4 Å². The fourth-order valence-electron chi connectivity index (χ4n) is 4.61. The SMILES string of the molecule is CCCCCCCCC(CCCCCC)C(C(=O)O)c1cccc2ccccc12. The molecule has 0 radical (unpaired) electrons. The van der Waals surface area contributed by atoms with Crippen molar-refractivity contribution in [3.05, 3.63) is 48.0 Å². The van der Waals surface area contributed by atoms with Gasteiger partial charge in [-0.1, -0.05) is 121 Å². The van der Waals surface area contributed by atoms with Crippen LogP contribution in [0.2, 0.25) is 0 Å². The fourth-order valence-corrected chi connectivity index (χ4v) is 4.61. The summed E-state index contributed by atoms with van der Waals surface area (Å²) in [5.74, 6) is -0.840. The maximum Gasteiger partial charge on any atom is 0.311 e. The van der Waals surface area contributed by atoms with Gasteiger partial charge in [0.1, 0.15) is 0 Å². The highest BCUT2D eigenvalue weighted by Gasteiger charge is 2.30. The molecule has 0 aromatic heterocycles. The minimum atomic E-state index is -0.659. The first-order chi connectivity index (χ1) is 14.2. The maximum atomic E-state index is 12.4. The van der Waals surface area contributed by atoms with Gasteiger partial charge >= 0.3 is 5.97 Å². The Morgan fingerprint density at radius 1 is 0.759 bits per heavy atom. The van der Waals surface area contributed by atoms with E-state index in [-0.39, 0.29) is 5.92 Å². The van der Waals surface area contributed by atoms with Crippen molar-refractivity contribution in [3.63, 3.8) is 0 Å². The third kappa shape index (κ3) is 7.49. The number of carboxylic acids is 1. The summed E-state index contributed by atoms with van der Waals surface area (Å²) in [4.78, 5) is 12.4. The number of aliphatic carboxylic acids is 1. The third-order valence-corrected chi connectivity index (χ3v) is 6.25. The molecule has 0 aliphatic heterocycles. The van der Waals surface area contributed by atoms with E-state index < -0.39 is 11.9 Å². The van der Waals surface area contributed by atoms with Crippen molar-refractivity contribution in [2.24, 2.45) is 5.92 Å². The Bertz CT molecular complexity index is 716. The van der Waals surface area contributed by atoms with Crippen LogP contribution in [0.25, 0.3) is 10.8 Å². The Hall–Kier alpha value is -1.83. The standard InChI is InChI=1S/C27H40O2/c1-3-5-7-9-10-12-18-23(17-11-8-6-4-2)26(27(28)29)25-21-15-19-22-16-13-14-20-24(22)25/h13-16,19-21,23,26H,3-12,17-18H2,1-2H3,(H,28,29). The molecule has 0 saturated heterocycles. The fraction of sp³-hybridized carbons (Fsp3) is 0.593. The minimum absolute atomic E-state index is 0.223. The summed E-state index contributed by atoms with van der Waals surface area (Å²) in [6.07, 6.45) is 14.4. The Balaban J connectivity index is 2.17. The molecular weight excluding hydrogens is 356 g/mol. The van der Waals surface area contributed by atoms with Gasteiger partial charge in [-0.05, 0) is 35.1 Å². The van der Waals surface area contributed by atoms with Crippen LogP contribution in [0, 0.1) is 5.92 Å². The lowest BCUT2D eigenvalue weighted by atomic mass is 9.78. The lowest BCUT2D eigenvalue weighted by Gasteiger charge is -2.26. The average Bonchev–Trinajstić information content (AvgIpc) is 2.73. The van der Waals surface area contributed by atoms with E-state index >= 15 is 0 Å². The summed E-state index contributed by atoms with van der Waals surface area (Å²) in [6.45, 7) is 4.47. The third-order valence-electron chi connectivity index (χ3n) is 6.25. The number of unbranched alkanes of at least 4 members (excludes halogenated alkanes) is 8. The average molecular weight is 397 g/mol. The van der Waals surface area contributed by atoms with Gasteiger partial charge in [-0.3, -0.25) is 4.79 Å². The summed E-state index contributed by atoms with van der Waals surface area (Å²) in [5, 5.41) is 12.5. The summed E-state index contributed by atoms with van der Waals surface area (Å²) in [5.41, 5.74) is 1.00. The van der Waals surface area contributed by atoms with Crippen molar-refractivity contribution in [1.29, 1.82) is 0 Å². The topological polar surface area (TPSA) is 37.3 Å². The van der Waals surface area contributed by atoms with Crippen molar-refractivity contribution in [3.8, 4) is 0 Å². The van der Waals surface area contributed by atoms with Gasteiger partial charge in [0.25, 0.3) is 0 Å². The summed E-state index contributed by atoms with van der Waals surface area (Å²) >= 11 is 0. The van der Waals surface area contributed by atoms with Crippen LogP contribution in [0.15, 0.2) is 42.5 Å². The van der Waals surface area contributed by atoms with Crippen LogP contribution in [0.5, 0.6) is 0 Å². The van der Waals surface area contributed by atoms with Crippen molar-refractivity contribution in [2.75, 3.05) is 0 Å². The van der Waals surface area contributed by atoms with Gasteiger partial charge in [0.15, 0.2) is 0 Å². The minimum Gasteiger partial charge on any atom is -0.481 e. The van der Waals surface area contributed by atoms with Crippen LogP contribution in [0.4, 0.5) is 0 Å². The molecule has 2 rings (SSSR count). The van der Waals surface area contributed by atoms with Crippen LogP contribution in [0.3, 0.4) is 0 Å². The molecule has 2 aromatic rings. The van der Waals surface area contributed by atoms with E-state index in [9.17, 15) is 9.90 Å². The van der Waals surface area contributed by atoms with E-state index in [2.05, 4.69) is 32.0 Å². The zero-order valence-corrected chi connectivity index (χ0v) is 18.5. The monoisotopic (exact) mass is 396 g/mol. The van der Waals surface area contributed by atoms with Gasteiger partial charge in [0.05, 0.1) is 5.92 Å². The first kappa shape index (κ1) is 23.4. The van der Waals surface area contributed by atoms with Crippen LogP contribution in [-0.4, -0.2) is 11.1 Å². The van der Waals surface area contributed by atoms with Crippen LogP contribution in [-0.2, 0) is 4.79 Å². The Morgan fingerprint density at radius 3 is 1.97 bits per heavy atom. The van der Waals surface area contributed by atoms with Crippen LogP contribution in [0.1, 0.15) is 102 Å². The molecule has 0 fully saturated rings. The number of rotatable bonds is 15. The normalized spacial score (nSPS) is 13.4. The summed E-state index contributed by atoms with van der Waals surface area (Å²) in [7, 11) is 0. The van der Waals surface area contributed by atoms with E-state index in [1.54, 1.807) is 0 Å². The molecule has 2 unspecified atom stereocenters. The molecule has 0 amide bonds. The van der Waals surface area contributed by atoms with Gasteiger partial charge < -0.3 is 5.11 Å². The number of hydrogen-bond donors (Lipinski definition) is 1. The van der Waals surface area contributed by atoms with Gasteiger partial charge in [0, 0.05) is 0 Å². The predicted molar refractivity (Wildman–Crippen MR) is 125 cm³/mol. The Kier molecular flexibility index (Phi) is 10.8. The number of carbonyl (C=O) groups is 1. The molecule has 0 bridgehead atoms. The Labute approximate surface area is 177 Å². The van der Waals surface area contributed by atoms with Gasteiger partial charge in [-0.25, -0.2) is 0 Å². The van der Waals surface area contributed by atoms with Crippen molar-refractivity contribution in [1.82, 2.24) is 0 Å². The number of hydrogen-bond acceptors (Lipinski definition) is 1. The highest BCUT2D eigenvalue weighted by molar-refractivity contribution is 5.90. The molecule has 0 aliphatic rings. The molecule has 0 spiro atoms. The number of fused-ring (bicyclic) bond motifs is 1. The maximum absolute atomic E-state index is 12.4. The molecule has 0 heterocycles. The zero-order valence-electron chi connectivity index (χ0n) is 18.5. The zero-order chi connectivity index (χ0) is 20.9. The molecule has 1 N–H and O–H groups in total. The summed E-state index contributed by atoms with van der Waals surface area (Å²) in [6, 6.07) is 14.4. The van der Waals surface area contributed by atoms with Gasteiger partial charge in [-0.15, -0.1) is 0 Å². The second-order valence-corrected chi connectivity index (χ2v) is 8.55. The van der Waals surface area contributed by atoms with E-state index in [0.717, 1.165) is 42.0 Å². The molecule has 29 heavy (non-hydrogen) atoms. The van der Waals surface area contributed by atoms with Crippen molar-refractivity contribution in [2.45, 2.75) is 96.8 Å². The van der Waals surface area contributed by atoms with E-state index in [0.29, 0.717) is 0 Å². The molecule has 2 atom stereocenters. The highest BCUT2D eigenvalue weighted by atomic mass is 16.4. The molecule has 160 valence electrons. The van der Waals surface area contributed by atoms with Crippen LogP contribution >= 0.6 is 0 Å². The van der Waals surface area contributed by atoms with Crippen molar-refractivity contribution >= 4 is 16.7 Å². The predicted octanol–water partition coefficient (Wildman–Crippen LogP) is 8.35. The van der Waals surface area contributed by atoms with Crippen molar-refractivity contribution < 1.29 is 9.90 Å². The molecule has 2 heteroatoms. The molecule has 2 nitrogen and oxygen atoms in total. The molecule has 2 aromatic carbocycles. The van der Waals surface area contributed by atoms with Gasteiger partial charge in [-0.2, -0.15) is 0 Å². The van der Waals surface area contributed by atoms with Crippen LogP contribution < -0.4 is 0 Å². The smallest absolute Gasteiger partial charge is 0.311 e. The lowest BCUT2D eigenvalue weighted by molar-refractivity contribution is -0.140. The summed E-state index contributed by atoms with van der Waals surface area (Å²) < 4.78 is 0. The molecular formula is C27H40O2. The quantitative estimate of drug-likeness (QED) is 0.307.